The van der Waals surface area contributed by atoms with Gasteiger partial charge in [-0.3, -0.25) is 0 Å². The van der Waals surface area contributed by atoms with E-state index in [-0.39, 0.29) is 5.41 Å². The second-order valence-electron chi connectivity index (χ2n) is 11.1. The Balaban J connectivity index is 1.49. The monoisotopic (exact) mass is 534 g/mol. The van der Waals surface area contributed by atoms with E-state index in [9.17, 15) is 0 Å². The lowest BCUT2D eigenvalue weighted by molar-refractivity contribution is 0.660. The zero-order valence-electron chi connectivity index (χ0n) is 21.7. The first-order valence-corrected chi connectivity index (χ1v) is 17.0. The van der Waals surface area contributed by atoms with E-state index in [4.69, 9.17) is 12.2 Å². The van der Waals surface area contributed by atoms with Crippen LogP contribution in [0.4, 0.5) is 0 Å². The standard InChI is InChI=1S/C34H31PS2/c1-22-17-20-31(37-22)33-28-15-8-7-14-27(28)32(35(33,36)24-11-5-4-6-12-24)23-18-19-26-25-13-9-10-16-29(25)34(2,3)30(26)21-23/h4-6,9-13,16-21H,7-8,14-15H2,1-3H3. The maximum absolute atomic E-state index is 7.02. The van der Waals surface area contributed by atoms with Gasteiger partial charge in [0, 0.05) is 27.0 Å². The van der Waals surface area contributed by atoms with Crippen molar-refractivity contribution in [2.24, 2.45) is 0 Å². The van der Waals surface area contributed by atoms with E-state index in [1.165, 1.54) is 66.3 Å². The number of allylic oxidation sites excluding steroid dienone is 2. The van der Waals surface area contributed by atoms with Gasteiger partial charge in [0.05, 0.1) is 15.5 Å². The van der Waals surface area contributed by atoms with Crippen LogP contribution in [0.3, 0.4) is 0 Å². The Morgan fingerprint density at radius 1 is 0.730 bits per heavy atom. The number of thiophene rings is 1. The fourth-order valence-corrected chi connectivity index (χ4v) is 13.6. The van der Waals surface area contributed by atoms with Crippen LogP contribution in [0, 0.1) is 6.92 Å². The van der Waals surface area contributed by atoms with Crippen molar-refractivity contribution >= 4 is 46.0 Å². The van der Waals surface area contributed by atoms with E-state index in [1.54, 1.807) is 11.1 Å². The SMILES string of the molecule is Cc1ccc(C2=C3CCCCC3=C(c3ccc4c(c3)C(C)(C)c3ccccc3-4)[P+]2([S-])c2ccccc2)s1. The highest BCUT2D eigenvalue weighted by Crippen LogP contribution is 2.82. The molecule has 0 bridgehead atoms. The summed E-state index contributed by atoms with van der Waals surface area (Å²) < 4.78 is 0. The van der Waals surface area contributed by atoms with Gasteiger partial charge in [-0.2, -0.15) is 0 Å². The summed E-state index contributed by atoms with van der Waals surface area (Å²) >= 11 is 8.94. The lowest BCUT2D eigenvalue weighted by Crippen LogP contribution is -2.15. The van der Waals surface area contributed by atoms with Crippen molar-refractivity contribution in [3.63, 3.8) is 0 Å². The normalized spacial score (nSPS) is 21.7. The molecular formula is C34H31PS2. The maximum atomic E-state index is 7.02. The van der Waals surface area contributed by atoms with E-state index in [0.29, 0.717) is 0 Å². The summed E-state index contributed by atoms with van der Waals surface area (Å²) in [5.74, 6) is 0. The molecule has 1 fully saturated rings. The predicted octanol–water partition coefficient (Wildman–Crippen LogP) is 9.88. The van der Waals surface area contributed by atoms with Crippen LogP contribution >= 0.6 is 17.8 Å². The third-order valence-corrected chi connectivity index (χ3v) is 14.8. The van der Waals surface area contributed by atoms with Gasteiger partial charge in [-0.25, -0.2) is 0 Å². The number of rotatable bonds is 3. The molecule has 184 valence electrons. The van der Waals surface area contributed by atoms with Crippen LogP contribution in [-0.4, -0.2) is 0 Å². The second-order valence-corrected chi connectivity index (χ2v) is 16.7. The lowest BCUT2D eigenvalue weighted by atomic mass is 9.81. The Labute approximate surface area is 230 Å². The molecule has 1 aromatic heterocycles. The Morgan fingerprint density at radius 2 is 1.41 bits per heavy atom. The Kier molecular flexibility index (Phi) is 5.49. The van der Waals surface area contributed by atoms with Crippen LogP contribution in [-0.2, 0) is 17.7 Å². The molecule has 0 radical (unpaired) electrons. The fourth-order valence-electron chi connectivity index (χ4n) is 6.89. The van der Waals surface area contributed by atoms with Gasteiger partial charge in [0.1, 0.15) is 5.31 Å². The predicted molar refractivity (Wildman–Crippen MR) is 166 cm³/mol. The minimum atomic E-state index is -2.22. The summed E-state index contributed by atoms with van der Waals surface area (Å²) in [7, 11) is 0. The molecule has 0 nitrogen and oxygen atoms in total. The van der Waals surface area contributed by atoms with Gasteiger partial charge in [-0.05, 0) is 91.7 Å². The van der Waals surface area contributed by atoms with Crippen molar-refractivity contribution in [2.75, 3.05) is 0 Å². The van der Waals surface area contributed by atoms with Crippen LogP contribution in [0.25, 0.3) is 21.8 Å². The van der Waals surface area contributed by atoms with Crippen molar-refractivity contribution < 1.29 is 0 Å². The molecule has 3 aromatic carbocycles. The zero-order chi connectivity index (χ0) is 25.4. The van der Waals surface area contributed by atoms with Crippen LogP contribution in [0.2, 0.25) is 0 Å². The molecule has 3 aliphatic rings. The molecule has 37 heavy (non-hydrogen) atoms. The van der Waals surface area contributed by atoms with E-state index in [0.717, 1.165) is 12.8 Å². The minimum Gasteiger partial charge on any atom is -0.540 e. The van der Waals surface area contributed by atoms with Gasteiger partial charge in [0.25, 0.3) is 0 Å². The van der Waals surface area contributed by atoms with E-state index < -0.39 is 6.46 Å². The van der Waals surface area contributed by atoms with Crippen LogP contribution in [0.5, 0.6) is 0 Å². The van der Waals surface area contributed by atoms with Crippen LogP contribution in [0.15, 0.2) is 96.1 Å². The molecule has 3 heteroatoms. The number of aryl methyl sites for hydroxylation is 1. The van der Waals surface area contributed by atoms with Gasteiger partial charge in [-0.1, -0.05) is 68.4 Å². The molecule has 7 rings (SSSR count). The first-order valence-electron chi connectivity index (χ1n) is 13.4. The molecule has 2 heterocycles. The molecule has 1 saturated carbocycles. The molecule has 0 saturated heterocycles. The van der Waals surface area contributed by atoms with Crippen LogP contribution in [0.1, 0.15) is 66.0 Å². The number of hydrogen-bond donors (Lipinski definition) is 0. The fraction of sp³-hybridized carbons (Fsp3) is 0.235. The topological polar surface area (TPSA) is 0 Å². The van der Waals surface area contributed by atoms with Crippen molar-refractivity contribution in [3.8, 4) is 11.1 Å². The molecule has 0 N–H and O–H groups in total. The van der Waals surface area contributed by atoms with Gasteiger partial charge < -0.3 is 12.2 Å². The summed E-state index contributed by atoms with van der Waals surface area (Å²) in [4.78, 5) is 2.75. The van der Waals surface area contributed by atoms with E-state index >= 15 is 0 Å². The highest BCUT2D eigenvalue weighted by Gasteiger charge is 2.49. The van der Waals surface area contributed by atoms with E-state index in [2.05, 4.69) is 106 Å². The third-order valence-electron chi connectivity index (χ3n) is 8.62. The minimum absolute atomic E-state index is 0.0163. The van der Waals surface area contributed by atoms with Crippen molar-refractivity contribution in [1.82, 2.24) is 0 Å². The van der Waals surface area contributed by atoms with E-state index in [1.807, 2.05) is 11.3 Å². The average molecular weight is 535 g/mol. The number of hydrogen-bond acceptors (Lipinski definition) is 2. The quantitative estimate of drug-likeness (QED) is 0.186. The van der Waals surface area contributed by atoms with Crippen molar-refractivity contribution in [3.05, 3.63) is 123 Å². The molecule has 1 atom stereocenters. The lowest BCUT2D eigenvalue weighted by Gasteiger charge is -2.34. The number of benzene rings is 3. The molecule has 1 aliphatic heterocycles. The molecular weight excluding hydrogens is 503 g/mol. The zero-order valence-corrected chi connectivity index (χ0v) is 24.2. The summed E-state index contributed by atoms with van der Waals surface area (Å²) in [6.07, 6.45) is 4.81. The van der Waals surface area contributed by atoms with Gasteiger partial charge in [-0.15, -0.1) is 11.3 Å². The van der Waals surface area contributed by atoms with Gasteiger partial charge in [0.15, 0.2) is 0 Å². The third kappa shape index (κ3) is 3.39. The van der Waals surface area contributed by atoms with Crippen molar-refractivity contribution in [2.45, 2.75) is 51.9 Å². The Bertz CT molecular complexity index is 1620. The second kappa shape index (κ2) is 8.57. The molecule has 1 unspecified atom stereocenters. The summed E-state index contributed by atoms with van der Waals surface area (Å²) in [6.45, 7) is 4.76. The molecule has 4 aromatic rings. The molecule has 0 spiro atoms. The highest BCUT2D eigenvalue weighted by molar-refractivity contribution is 8.53. The Morgan fingerprint density at radius 3 is 2.14 bits per heavy atom. The summed E-state index contributed by atoms with van der Waals surface area (Å²) in [6, 6.07) is 31.9. The largest absolute Gasteiger partial charge is 0.540 e. The summed E-state index contributed by atoms with van der Waals surface area (Å²) in [5, 5.41) is 4.29. The Hall–Kier alpha value is -2.38. The highest BCUT2D eigenvalue weighted by atomic mass is 32.7. The smallest absolute Gasteiger partial charge is 0.104 e. The van der Waals surface area contributed by atoms with Crippen molar-refractivity contribution in [1.29, 1.82) is 0 Å². The average Bonchev–Trinajstić information content (AvgIpc) is 3.53. The number of fused-ring (bicyclic) bond motifs is 4. The first-order chi connectivity index (χ1) is 17.9. The summed E-state index contributed by atoms with van der Waals surface area (Å²) in [5.41, 5.74) is 10.1. The molecule has 0 amide bonds. The van der Waals surface area contributed by atoms with Gasteiger partial charge >= 0.3 is 0 Å². The van der Waals surface area contributed by atoms with Gasteiger partial charge in [0.2, 0.25) is 0 Å². The van der Waals surface area contributed by atoms with Crippen LogP contribution < -0.4 is 5.30 Å². The maximum Gasteiger partial charge on any atom is 0.104 e. The molecule has 2 aliphatic carbocycles. The first kappa shape index (κ1) is 23.7.